The number of benzene rings is 2. The minimum Gasteiger partial charge on any atom is -0.497 e. The normalized spacial score (nSPS) is 17.0. The van der Waals surface area contributed by atoms with E-state index in [0.717, 1.165) is 30.6 Å². The largest absolute Gasteiger partial charge is 0.497 e. The van der Waals surface area contributed by atoms with Crippen LogP contribution in [0.4, 0.5) is 4.79 Å². The number of carbonyl (C=O) groups excluding carboxylic acids is 2. The average Bonchev–Trinajstić information content (AvgIpc) is 3.21. The Morgan fingerprint density at radius 2 is 1.80 bits per heavy atom. The molecule has 6 heteroatoms. The molecule has 2 aliphatic rings. The number of hydrogen-bond acceptors (Lipinski definition) is 4. The van der Waals surface area contributed by atoms with Gasteiger partial charge < -0.3 is 19.7 Å². The highest BCUT2D eigenvalue weighted by atomic mass is 16.6. The van der Waals surface area contributed by atoms with Crippen LogP contribution < -0.4 is 10.1 Å². The second-order valence-corrected chi connectivity index (χ2v) is 10.2. The first-order valence-electron chi connectivity index (χ1n) is 12.5. The molecular formula is C29H36N2O4. The third kappa shape index (κ3) is 5.87. The van der Waals surface area contributed by atoms with Gasteiger partial charge in [-0.05, 0) is 86.4 Å². The molecule has 1 aliphatic carbocycles. The Kier molecular flexibility index (Phi) is 7.48. The zero-order valence-electron chi connectivity index (χ0n) is 21.2. The number of carbonyl (C=O) groups is 2. The highest BCUT2D eigenvalue weighted by Gasteiger charge is 2.37. The van der Waals surface area contributed by atoms with Gasteiger partial charge in [-0.1, -0.05) is 36.4 Å². The van der Waals surface area contributed by atoms with Gasteiger partial charge in [-0.2, -0.15) is 0 Å². The van der Waals surface area contributed by atoms with Crippen molar-refractivity contribution in [3.05, 3.63) is 70.8 Å². The number of unbranched alkanes of at least 4 members (excludes halogenated alkanes) is 1. The summed E-state index contributed by atoms with van der Waals surface area (Å²) in [5.74, 6) is 0.967. The minimum absolute atomic E-state index is 0.0653. The fraction of sp³-hybridized carbons (Fsp3) is 0.448. The van der Waals surface area contributed by atoms with Crippen LogP contribution in [-0.4, -0.2) is 42.7 Å². The SMILES string of the molecule is COc1ccc(C2C3=C(CCN2C(=O)CCCCNC(=O)OC(C)(C)C)c2ccccc2C3)cc1. The number of nitrogens with one attached hydrogen (secondary N) is 1. The molecule has 2 aromatic rings. The standard InChI is InChI=1S/C29H36N2O4/c1-29(2,3)35-28(33)30-17-8-7-11-26(32)31-18-16-24-23-10-6-5-9-21(23)19-25(24)27(31)20-12-14-22(34-4)15-13-20/h5-6,9-10,12-15,27H,7-8,11,16-19H2,1-4H3,(H,30,33). The van der Waals surface area contributed by atoms with E-state index in [0.29, 0.717) is 25.9 Å². The van der Waals surface area contributed by atoms with Gasteiger partial charge in [0.2, 0.25) is 5.91 Å². The summed E-state index contributed by atoms with van der Waals surface area (Å²) in [6.07, 6.45) is 3.24. The first-order valence-corrected chi connectivity index (χ1v) is 12.5. The Morgan fingerprint density at radius 1 is 1.06 bits per heavy atom. The molecule has 1 unspecified atom stereocenters. The van der Waals surface area contributed by atoms with Crippen LogP contribution in [0.5, 0.6) is 5.75 Å². The van der Waals surface area contributed by atoms with Crippen molar-refractivity contribution in [2.24, 2.45) is 0 Å². The Hall–Kier alpha value is -3.28. The van der Waals surface area contributed by atoms with Gasteiger partial charge in [0.05, 0.1) is 13.2 Å². The maximum atomic E-state index is 13.4. The first-order chi connectivity index (χ1) is 16.8. The summed E-state index contributed by atoms with van der Waals surface area (Å²) in [6, 6.07) is 16.6. The Balaban J connectivity index is 1.44. The molecule has 0 aromatic heterocycles. The molecule has 0 saturated heterocycles. The van der Waals surface area contributed by atoms with Gasteiger partial charge in [-0.15, -0.1) is 0 Å². The van der Waals surface area contributed by atoms with Crippen molar-refractivity contribution in [1.82, 2.24) is 10.2 Å². The third-order valence-corrected chi connectivity index (χ3v) is 6.59. The summed E-state index contributed by atoms with van der Waals surface area (Å²) >= 11 is 0. The average molecular weight is 477 g/mol. The lowest BCUT2D eigenvalue weighted by Gasteiger charge is -2.38. The summed E-state index contributed by atoms with van der Waals surface area (Å²) in [7, 11) is 1.66. The quantitative estimate of drug-likeness (QED) is 0.523. The monoisotopic (exact) mass is 476 g/mol. The van der Waals surface area contributed by atoms with E-state index in [-0.39, 0.29) is 11.9 Å². The van der Waals surface area contributed by atoms with E-state index in [1.807, 2.05) is 37.8 Å². The maximum absolute atomic E-state index is 13.4. The van der Waals surface area contributed by atoms with Crippen LogP contribution in [0.1, 0.15) is 69.2 Å². The number of amides is 2. The molecule has 0 fully saturated rings. The van der Waals surface area contributed by atoms with Crippen molar-refractivity contribution < 1.29 is 19.1 Å². The molecule has 35 heavy (non-hydrogen) atoms. The molecule has 0 bridgehead atoms. The molecule has 6 nitrogen and oxygen atoms in total. The molecule has 2 aromatic carbocycles. The predicted molar refractivity (Wildman–Crippen MR) is 137 cm³/mol. The van der Waals surface area contributed by atoms with Gasteiger partial charge in [0, 0.05) is 19.5 Å². The van der Waals surface area contributed by atoms with Crippen molar-refractivity contribution in [3.63, 3.8) is 0 Å². The number of ether oxygens (including phenoxy) is 2. The van der Waals surface area contributed by atoms with E-state index < -0.39 is 11.7 Å². The summed E-state index contributed by atoms with van der Waals surface area (Å²) in [5, 5.41) is 2.77. The predicted octanol–water partition coefficient (Wildman–Crippen LogP) is 5.67. The summed E-state index contributed by atoms with van der Waals surface area (Å²) in [4.78, 5) is 27.3. The van der Waals surface area contributed by atoms with E-state index >= 15 is 0 Å². The van der Waals surface area contributed by atoms with Crippen LogP contribution >= 0.6 is 0 Å². The number of alkyl carbamates (subject to hydrolysis) is 1. The molecule has 2 amide bonds. The molecule has 0 radical (unpaired) electrons. The molecule has 1 aliphatic heterocycles. The molecule has 1 atom stereocenters. The summed E-state index contributed by atoms with van der Waals surface area (Å²) in [6.45, 7) is 6.72. The summed E-state index contributed by atoms with van der Waals surface area (Å²) < 4.78 is 10.6. The van der Waals surface area contributed by atoms with Gasteiger partial charge in [0.1, 0.15) is 11.4 Å². The third-order valence-electron chi connectivity index (χ3n) is 6.59. The van der Waals surface area contributed by atoms with E-state index in [4.69, 9.17) is 9.47 Å². The fourth-order valence-electron chi connectivity index (χ4n) is 5.05. The van der Waals surface area contributed by atoms with Gasteiger partial charge in [0.25, 0.3) is 0 Å². The van der Waals surface area contributed by atoms with Crippen molar-refractivity contribution >= 4 is 17.6 Å². The van der Waals surface area contributed by atoms with Gasteiger partial charge >= 0.3 is 6.09 Å². The number of nitrogens with zero attached hydrogens (tertiary/aromatic N) is 1. The van der Waals surface area contributed by atoms with Crippen LogP contribution in [0.25, 0.3) is 5.57 Å². The number of methoxy groups -OCH3 is 1. The maximum Gasteiger partial charge on any atom is 0.407 e. The zero-order chi connectivity index (χ0) is 25.0. The van der Waals surface area contributed by atoms with E-state index in [1.165, 1.54) is 22.3 Å². The van der Waals surface area contributed by atoms with Crippen molar-refractivity contribution in [2.75, 3.05) is 20.2 Å². The van der Waals surface area contributed by atoms with E-state index in [1.54, 1.807) is 7.11 Å². The minimum atomic E-state index is -0.516. The number of rotatable bonds is 7. The van der Waals surface area contributed by atoms with E-state index in [2.05, 4.69) is 41.7 Å². The second-order valence-electron chi connectivity index (χ2n) is 10.2. The van der Waals surface area contributed by atoms with Crippen LogP contribution in [-0.2, 0) is 16.0 Å². The molecule has 0 saturated carbocycles. The van der Waals surface area contributed by atoms with E-state index in [9.17, 15) is 9.59 Å². The molecule has 186 valence electrons. The molecule has 1 N–H and O–H groups in total. The van der Waals surface area contributed by atoms with Crippen LogP contribution in [0.3, 0.4) is 0 Å². The molecular weight excluding hydrogens is 440 g/mol. The second kappa shape index (κ2) is 10.5. The van der Waals surface area contributed by atoms with Gasteiger partial charge in [-0.3, -0.25) is 4.79 Å². The molecule has 4 rings (SSSR count). The number of fused-ring (bicyclic) bond motifs is 2. The lowest BCUT2D eigenvalue weighted by molar-refractivity contribution is -0.133. The zero-order valence-corrected chi connectivity index (χ0v) is 21.2. The van der Waals surface area contributed by atoms with Crippen LogP contribution in [0.15, 0.2) is 54.1 Å². The van der Waals surface area contributed by atoms with Gasteiger partial charge in [-0.25, -0.2) is 4.79 Å². The first kappa shape index (κ1) is 24.8. The molecule has 0 spiro atoms. The fourth-order valence-corrected chi connectivity index (χ4v) is 5.05. The summed E-state index contributed by atoms with van der Waals surface area (Å²) in [5.41, 5.74) is 6.01. The van der Waals surface area contributed by atoms with Crippen molar-refractivity contribution in [3.8, 4) is 5.75 Å². The Labute approximate surface area is 208 Å². The molecule has 1 heterocycles. The lowest BCUT2D eigenvalue weighted by atomic mass is 9.88. The van der Waals surface area contributed by atoms with Gasteiger partial charge in [0.15, 0.2) is 0 Å². The van der Waals surface area contributed by atoms with Crippen LogP contribution in [0, 0.1) is 0 Å². The lowest BCUT2D eigenvalue weighted by Crippen LogP contribution is -2.39. The van der Waals surface area contributed by atoms with Crippen molar-refractivity contribution in [1.29, 1.82) is 0 Å². The highest BCUT2D eigenvalue weighted by molar-refractivity contribution is 5.83. The van der Waals surface area contributed by atoms with Crippen LogP contribution in [0.2, 0.25) is 0 Å². The smallest absolute Gasteiger partial charge is 0.407 e. The topological polar surface area (TPSA) is 67.9 Å². The Morgan fingerprint density at radius 3 is 2.51 bits per heavy atom. The van der Waals surface area contributed by atoms with Crippen molar-refractivity contribution in [2.45, 2.75) is 64.5 Å². The number of hydrogen-bond donors (Lipinski definition) is 1. The highest BCUT2D eigenvalue weighted by Crippen LogP contribution is 2.47. The Bertz CT molecular complexity index is 1100.